The van der Waals surface area contributed by atoms with E-state index in [1.54, 1.807) is 0 Å². The Labute approximate surface area is 360 Å². The number of rotatable bonds is 7. The number of anilines is 3. The highest BCUT2D eigenvalue weighted by Crippen LogP contribution is 2.47. The van der Waals surface area contributed by atoms with Gasteiger partial charge < -0.3 is 9.47 Å². The maximum Gasteiger partial charge on any atom is 0.0702 e. The summed E-state index contributed by atoms with van der Waals surface area (Å²) in [5, 5.41) is 9.97. The van der Waals surface area contributed by atoms with Crippen molar-refractivity contribution in [2.24, 2.45) is 0 Å². The number of para-hydroxylation sites is 4. The van der Waals surface area contributed by atoms with Crippen LogP contribution in [0.25, 0.3) is 93.2 Å². The first-order valence-corrected chi connectivity index (χ1v) is 21.3. The molecule has 1 aromatic heterocycles. The summed E-state index contributed by atoms with van der Waals surface area (Å²) in [6.45, 7) is 0. The van der Waals surface area contributed by atoms with E-state index in [0.717, 1.165) is 39.4 Å². The molecule has 290 valence electrons. The summed E-state index contributed by atoms with van der Waals surface area (Å²) in [7, 11) is 0. The van der Waals surface area contributed by atoms with Gasteiger partial charge in [-0.05, 0) is 115 Å². The van der Waals surface area contributed by atoms with E-state index in [0.29, 0.717) is 0 Å². The molecule has 0 radical (unpaired) electrons. The molecule has 11 aromatic carbocycles. The Morgan fingerprint density at radius 1 is 0.274 bits per heavy atom. The first kappa shape index (κ1) is 35.7. The number of benzene rings is 11. The maximum absolute atomic E-state index is 2.48. The van der Waals surface area contributed by atoms with Gasteiger partial charge in [-0.3, -0.25) is 0 Å². The molecule has 12 aromatic rings. The van der Waals surface area contributed by atoms with Gasteiger partial charge in [-0.2, -0.15) is 0 Å². The van der Waals surface area contributed by atoms with Crippen molar-refractivity contribution in [2.45, 2.75) is 0 Å². The van der Waals surface area contributed by atoms with Gasteiger partial charge in [0.05, 0.1) is 28.1 Å². The van der Waals surface area contributed by atoms with E-state index in [-0.39, 0.29) is 0 Å². The first-order valence-electron chi connectivity index (χ1n) is 21.3. The molecule has 62 heavy (non-hydrogen) atoms. The fourth-order valence-corrected chi connectivity index (χ4v) is 9.64. The Morgan fingerprint density at radius 3 is 1.56 bits per heavy atom. The van der Waals surface area contributed by atoms with Crippen LogP contribution in [0.15, 0.2) is 243 Å². The third kappa shape index (κ3) is 5.96. The van der Waals surface area contributed by atoms with E-state index >= 15 is 0 Å². The summed E-state index contributed by atoms with van der Waals surface area (Å²) >= 11 is 0. The zero-order valence-corrected chi connectivity index (χ0v) is 34.0. The predicted molar refractivity (Wildman–Crippen MR) is 264 cm³/mol. The lowest BCUT2D eigenvalue weighted by molar-refractivity contribution is 1.15. The van der Waals surface area contributed by atoms with Crippen LogP contribution in [0.1, 0.15) is 0 Å². The van der Waals surface area contributed by atoms with Crippen LogP contribution in [0.5, 0.6) is 0 Å². The molecule has 0 spiro atoms. The summed E-state index contributed by atoms with van der Waals surface area (Å²) in [5.74, 6) is 0. The van der Waals surface area contributed by atoms with Crippen molar-refractivity contribution in [1.29, 1.82) is 0 Å². The Hall–Kier alpha value is -8.20. The second kappa shape index (κ2) is 14.8. The Morgan fingerprint density at radius 2 is 0.806 bits per heavy atom. The van der Waals surface area contributed by atoms with E-state index < -0.39 is 0 Å². The quantitative estimate of drug-likeness (QED) is 0.146. The van der Waals surface area contributed by atoms with Crippen molar-refractivity contribution in [3.8, 4) is 39.1 Å². The normalized spacial score (nSPS) is 11.5. The van der Waals surface area contributed by atoms with Gasteiger partial charge in [0.15, 0.2) is 0 Å². The fraction of sp³-hybridized carbons (Fsp3) is 0. The van der Waals surface area contributed by atoms with E-state index in [4.69, 9.17) is 0 Å². The molecule has 0 fully saturated rings. The van der Waals surface area contributed by atoms with E-state index in [9.17, 15) is 0 Å². The molecule has 0 saturated heterocycles. The van der Waals surface area contributed by atoms with E-state index in [1.807, 2.05) is 0 Å². The SMILES string of the molecule is c1ccc(-c2ccc(-c3ccc4ccccc4c3)cc2N(c2ccc(-c3cc4ccccc4c4ccccc34)cc2)c2ccccc2-n2c3ccccc3c3ccccc32)cc1. The highest BCUT2D eigenvalue weighted by molar-refractivity contribution is 6.14. The van der Waals surface area contributed by atoms with Crippen LogP contribution in [0.2, 0.25) is 0 Å². The molecule has 0 aliphatic rings. The van der Waals surface area contributed by atoms with Crippen molar-refractivity contribution < 1.29 is 0 Å². The molecule has 0 bridgehead atoms. The number of aromatic nitrogens is 1. The lowest BCUT2D eigenvalue weighted by Gasteiger charge is -2.31. The average molecular weight is 789 g/mol. The van der Waals surface area contributed by atoms with Gasteiger partial charge >= 0.3 is 0 Å². The minimum Gasteiger partial charge on any atom is -0.308 e. The van der Waals surface area contributed by atoms with Crippen LogP contribution < -0.4 is 4.90 Å². The van der Waals surface area contributed by atoms with Gasteiger partial charge in [-0.15, -0.1) is 0 Å². The van der Waals surface area contributed by atoms with Crippen molar-refractivity contribution in [2.75, 3.05) is 4.90 Å². The predicted octanol–water partition coefficient (Wildman–Crippen LogP) is 16.7. The Balaban J connectivity index is 1.12. The third-order valence-electron chi connectivity index (χ3n) is 12.6. The standard InChI is InChI=1S/C60H40N2/c1-2-17-42(18-3-1)50-37-34-46(45-31-30-41-16-4-5-19-44(41)38-45)40-60(50)61(58-28-14-15-29-59(58)62-56-26-12-10-24-53(56)54-25-11-13-27-57(54)62)48-35-32-43(33-36-48)55-39-47-20-6-7-21-49(47)51-22-8-9-23-52(51)55/h1-40H. The summed E-state index contributed by atoms with van der Waals surface area (Å²) < 4.78 is 2.44. The second-order valence-corrected chi connectivity index (χ2v) is 16.1. The van der Waals surface area contributed by atoms with Gasteiger partial charge in [0.1, 0.15) is 0 Å². The van der Waals surface area contributed by atoms with Crippen LogP contribution in [-0.2, 0) is 0 Å². The molecular weight excluding hydrogens is 749 g/mol. The second-order valence-electron chi connectivity index (χ2n) is 16.1. The lowest BCUT2D eigenvalue weighted by atomic mass is 9.93. The zero-order valence-electron chi connectivity index (χ0n) is 34.0. The molecular formula is C60H40N2. The molecule has 0 atom stereocenters. The Bertz CT molecular complexity index is 3580. The number of hydrogen-bond acceptors (Lipinski definition) is 1. The Kier molecular flexibility index (Phi) is 8.53. The number of hydrogen-bond donors (Lipinski definition) is 0. The van der Waals surface area contributed by atoms with Gasteiger partial charge in [-0.1, -0.05) is 188 Å². The molecule has 12 rings (SSSR count). The highest BCUT2D eigenvalue weighted by Gasteiger charge is 2.24. The fourth-order valence-electron chi connectivity index (χ4n) is 9.64. The molecule has 0 aliphatic carbocycles. The number of nitrogens with zero attached hydrogens (tertiary/aromatic N) is 2. The summed E-state index contributed by atoms with van der Waals surface area (Å²) in [4.78, 5) is 2.48. The largest absolute Gasteiger partial charge is 0.308 e. The van der Waals surface area contributed by atoms with Gasteiger partial charge in [0.2, 0.25) is 0 Å². The monoisotopic (exact) mass is 788 g/mol. The van der Waals surface area contributed by atoms with Crippen LogP contribution in [-0.4, -0.2) is 4.57 Å². The van der Waals surface area contributed by atoms with E-state index in [1.165, 1.54) is 70.8 Å². The minimum atomic E-state index is 1.07. The van der Waals surface area contributed by atoms with Crippen LogP contribution in [0.3, 0.4) is 0 Å². The van der Waals surface area contributed by atoms with Crippen LogP contribution in [0, 0.1) is 0 Å². The maximum atomic E-state index is 2.48. The van der Waals surface area contributed by atoms with Crippen molar-refractivity contribution in [3.05, 3.63) is 243 Å². The zero-order chi connectivity index (χ0) is 41.0. The summed E-state index contributed by atoms with van der Waals surface area (Å²) in [6, 6.07) is 88.7. The van der Waals surface area contributed by atoms with Crippen molar-refractivity contribution in [3.63, 3.8) is 0 Å². The summed E-state index contributed by atoms with van der Waals surface area (Å²) in [6.07, 6.45) is 0. The van der Waals surface area contributed by atoms with Crippen LogP contribution in [0.4, 0.5) is 17.1 Å². The molecule has 0 saturated carbocycles. The average Bonchev–Trinajstić information content (AvgIpc) is 3.68. The third-order valence-corrected chi connectivity index (χ3v) is 12.6. The molecule has 0 amide bonds. The van der Waals surface area contributed by atoms with Gasteiger partial charge in [0.25, 0.3) is 0 Å². The minimum absolute atomic E-state index is 1.07. The molecule has 0 N–H and O–H groups in total. The molecule has 2 nitrogen and oxygen atoms in total. The topological polar surface area (TPSA) is 8.17 Å². The molecule has 1 heterocycles. The molecule has 0 aliphatic heterocycles. The lowest BCUT2D eigenvalue weighted by Crippen LogP contribution is -2.14. The molecule has 2 heteroatoms. The number of fused-ring (bicyclic) bond motifs is 7. The summed E-state index contributed by atoms with van der Waals surface area (Å²) in [5.41, 5.74) is 13.7. The van der Waals surface area contributed by atoms with Gasteiger partial charge in [0, 0.05) is 22.0 Å². The smallest absolute Gasteiger partial charge is 0.0702 e. The molecule has 0 unspecified atom stereocenters. The first-order chi connectivity index (χ1) is 30.8. The van der Waals surface area contributed by atoms with Gasteiger partial charge in [-0.25, -0.2) is 0 Å². The highest BCUT2D eigenvalue weighted by atomic mass is 15.2. The van der Waals surface area contributed by atoms with E-state index in [2.05, 4.69) is 252 Å². The van der Waals surface area contributed by atoms with Crippen molar-refractivity contribution >= 4 is 71.2 Å². The van der Waals surface area contributed by atoms with Crippen LogP contribution >= 0.6 is 0 Å². The van der Waals surface area contributed by atoms with Crippen molar-refractivity contribution in [1.82, 2.24) is 4.57 Å².